The predicted molar refractivity (Wildman–Crippen MR) is 51.8 cm³/mol. The zero-order valence-electron chi connectivity index (χ0n) is 8.43. The summed E-state index contributed by atoms with van der Waals surface area (Å²) < 4.78 is 1.94. The molecule has 0 unspecified atom stereocenters. The standard InChI is InChI=1S/C9H16N4O/c1-12-4-2-9(6-14,3-5-12)13-7-10-11-8-13/h7-8,14H,2-6H2,1H3. The second-order valence-corrected chi connectivity index (χ2v) is 4.05. The van der Waals surface area contributed by atoms with Crippen molar-refractivity contribution in [3.63, 3.8) is 0 Å². The molecule has 14 heavy (non-hydrogen) atoms. The Balaban J connectivity index is 2.19. The zero-order chi connectivity index (χ0) is 10.0. The van der Waals surface area contributed by atoms with Gasteiger partial charge in [0.25, 0.3) is 0 Å². The molecule has 1 saturated heterocycles. The fraction of sp³-hybridized carbons (Fsp3) is 0.778. The molecule has 0 aliphatic carbocycles. The number of hydrogen-bond donors (Lipinski definition) is 1. The number of rotatable bonds is 2. The Kier molecular flexibility index (Phi) is 2.52. The Morgan fingerprint density at radius 2 is 1.86 bits per heavy atom. The maximum absolute atomic E-state index is 9.50. The molecule has 0 atom stereocenters. The van der Waals surface area contributed by atoms with Crippen LogP contribution in [0, 0.1) is 0 Å². The maximum Gasteiger partial charge on any atom is 0.119 e. The van der Waals surface area contributed by atoms with Gasteiger partial charge in [-0.25, -0.2) is 0 Å². The number of aromatic nitrogens is 3. The fourth-order valence-electron chi connectivity index (χ4n) is 1.98. The normalized spacial score (nSPS) is 22.4. The predicted octanol–water partition coefficient (Wildman–Crippen LogP) is -0.309. The summed E-state index contributed by atoms with van der Waals surface area (Å²) in [5.74, 6) is 0. The van der Waals surface area contributed by atoms with Gasteiger partial charge in [-0.05, 0) is 19.9 Å². The highest BCUT2D eigenvalue weighted by Crippen LogP contribution is 2.28. The zero-order valence-corrected chi connectivity index (χ0v) is 8.43. The van der Waals surface area contributed by atoms with Crippen molar-refractivity contribution in [3.8, 4) is 0 Å². The molecule has 0 aromatic carbocycles. The molecule has 78 valence electrons. The van der Waals surface area contributed by atoms with Crippen molar-refractivity contribution in [1.29, 1.82) is 0 Å². The van der Waals surface area contributed by atoms with Gasteiger partial charge in [-0.3, -0.25) is 0 Å². The molecule has 5 heteroatoms. The molecule has 0 radical (unpaired) electrons. The van der Waals surface area contributed by atoms with E-state index in [2.05, 4.69) is 22.1 Å². The van der Waals surface area contributed by atoms with Gasteiger partial charge < -0.3 is 14.6 Å². The van der Waals surface area contributed by atoms with E-state index in [0.717, 1.165) is 25.9 Å². The summed E-state index contributed by atoms with van der Waals surface area (Å²) in [6.07, 6.45) is 5.30. The fourth-order valence-corrected chi connectivity index (χ4v) is 1.98. The van der Waals surface area contributed by atoms with Crippen LogP contribution in [0.5, 0.6) is 0 Å². The topological polar surface area (TPSA) is 54.2 Å². The van der Waals surface area contributed by atoms with Crippen LogP contribution < -0.4 is 0 Å². The summed E-state index contributed by atoms with van der Waals surface area (Å²) in [6.45, 7) is 2.19. The molecule has 0 bridgehead atoms. The third kappa shape index (κ3) is 1.53. The Morgan fingerprint density at radius 3 is 2.36 bits per heavy atom. The maximum atomic E-state index is 9.50. The van der Waals surface area contributed by atoms with E-state index in [1.54, 1.807) is 12.7 Å². The van der Waals surface area contributed by atoms with Crippen molar-refractivity contribution >= 4 is 0 Å². The van der Waals surface area contributed by atoms with Crippen LogP contribution in [0.1, 0.15) is 12.8 Å². The molecule has 1 aromatic heterocycles. The van der Waals surface area contributed by atoms with Crippen LogP contribution in [-0.2, 0) is 5.54 Å². The van der Waals surface area contributed by atoms with Crippen LogP contribution in [-0.4, -0.2) is 51.5 Å². The van der Waals surface area contributed by atoms with Crippen LogP contribution in [0.4, 0.5) is 0 Å². The monoisotopic (exact) mass is 196 g/mol. The molecule has 1 N–H and O–H groups in total. The van der Waals surface area contributed by atoms with Gasteiger partial charge in [-0.2, -0.15) is 0 Å². The first kappa shape index (κ1) is 9.61. The third-order valence-corrected chi connectivity index (χ3v) is 3.18. The summed E-state index contributed by atoms with van der Waals surface area (Å²) in [6, 6.07) is 0. The summed E-state index contributed by atoms with van der Waals surface area (Å²) in [4.78, 5) is 2.28. The van der Waals surface area contributed by atoms with E-state index in [4.69, 9.17) is 0 Å². The van der Waals surface area contributed by atoms with Crippen molar-refractivity contribution in [2.75, 3.05) is 26.7 Å². The lowest BCUT2D eigenvalue weighted by molar-refractivity contribution is 0.0612. The lowest BCUT2D eigenvalue weighted by atomic mass is 9.88. The van der Waals surface area contributed by atoms with Crippen LogP contribution >= 0.6 is 0 Å². The van der Waals surface area contributed by atoms with Gasteiger partial charge in [0.1, 0.15) is 12.7 Å². The number of nitrogens with zero attached hydrogens (tertiary/aromatic N) is 4. The molecule has 1 aromatic rings. The first-order valence-corrected chi connectivity index (χ1v) is 4.91. The molecule has 1 fully saturated rings. The summed E-state index contributed by atoms with van der Waals surface area (Å²) in [7, 11) is 2.10. The summed E-state index contributed by atoms with van der Waals surface area (Å²) >= 11 is 0. The van der Waals surface area contributed by atoms with Crippen molar-refractivity contribution in [2.24, 2.45) is 0 Å². The molecule has 0 spiro atoms. The van der Waals surface area contributed by atoms with Gasteiger partial charge in [-0.1, -0.05) is 0 Å². The number of piperidine rings is 1. The van der Waals surface area contributed by atoms with E-state index in [9.17, 15) is 5.11 Å². The minimum Gasteiger partial charge on any atom is -0.394 e. The first-order chi connectivity index (χ1) is 6.77. The van der Waals surface area contributed by atoms with Crippen LogP contribution in [0.25, 0.3) is 0 Å². The SMILES string of the molecule is CN1CCC(CO)(n2cnnc2)CC1. The second kappa shape index (κ2) is 3.67. The van der Waals surface area contributed by atoms with Gasteiger partial charge in [0.2, 0.25) is 0 Å². The minimum atomic E-state index is -0.171. The Labute approximate surface area is 83.4 Å². The molecular weight excluding hydrogens is 180 g/mol. The van der Waals surface area contributed by atoms with Gasteiger partial charge in [-0.15, -0.1) is 10.2 Å². The van der Waals surface area contributed by atoms with Crippen molar-refractivity contribution in [2.45, 2.75) is 18.4 Å². The van der Waals surface area contributed by atoms with Crippen molar-refractivity contribution < 1.29 is 5.11 Å². The quantitative estimate of drug-likeness (QED) is 0.705. The molecule has 0 saturated carbocycles. The highest BCUT2D eigenvalue weighted by atomic mass is 16.3. The van der Waals surface area contributed by atoms with Crippen LogP contribution in [0.15, 0.2) is 12.7 Å². The van der Waals surface area contributed by atoms with E-state index >= 15 is 0 Å². The molecule has 1 aliphatic rings. The second-order valence-electron chi connectivity index (χ2n) is 4.05. The molecule has 0 amide bonds. The Morgan fingerprint density at radius 1 is 1.29 bits per heavy atom. The summed E-state index contributed by atoms with van der Waals surface area (Å²) in [5, 5.41) is 17.1. The van der Waals surface area contributed by atoms with Crippen molar-refractivity contribution in [1.82, 2.24) is 19.7 Å². The number of aliphatic hydroxyl groups is 1. The van der Waals surface area contributed by atoms with E-state index in [1.807, 2.05) is 4.57 Å². The van der Waals surface area contributed by atoms with E-state index in [-0.39, 0.29) is 12.1 Å². The van der Waals surface area contributed by atoms with E-state index < -0.39 is 0 Å². The number of hydrogen-bond acceptors (Lipinski definition) is 4. The number of aliphatic hydroxyl groups excluding tert-OH is 1. The average Bonchev–Trinajstić information content (AvgIpc) is 2.73. The number of likely N-dealkylation sites (tertiary alicyclic amines) is 1. The van der Waals surface area contributed by atoms with Crippen LogP contribution in [0.2, 0.25) is 0 Å². The highest BCUT2D eigenvalue weighted by Gasteiger charge is 2.34. The van der Waals surface area contributed by atoms with E-state index in [0.29, 0.717) is 0 Å². The smallest absolute Gasteiger partial charge is 0.119 e. The Hall–Kier alpha value is -0.940. The minimum absolute atomic E-state index is 0.166. The van der Waals surface area contributed by atoms with Crippen LogP contribution in [0.3, 0.4) is 0 Å². The molecule has 2 rings (SSSR count). The van der Waals surface area contributed by atoms with Gasteiger partial charge in [0.05, 0.1) is 12.1 Å². The lowest BCUT2D eigenvalue weighted by Gasteiger charge is -2.39. The first-order valence-electron chi connectivity index (χ1n) is 4.91. The largest absolute Gasteiger partial charge is 0.394 e. The average molecular weight is 196 g/mol. The van der Waals surface area contributed by atoms with Gasteiger partial charge in [0.15, 0.2) is 0 Å². The van der Waals surface area contributed by atoms with Crippen molar-refractivity contribution in [3.05, 3.63) is 12.7 Å². The van der Waals surface area contributed by atoms with E-state index in [1.165, 1.54) is 0 Å². The molecule has 2 heterocycles. The Bertz CT molecular complexity index is 277. The highest BCUT2D eigenvalue weighted by molar-refractivity contribution is 4.92. The summed E-state index contributed by atoms with van der Waals surface area (Å²) in [5.41, 5.74) is -0.171. The van der Waals surface area contributed by atoms with Gasteiger partial charge >= 0.3 is 0 Å². The third-order valence-electron chi connectivity index (χ3n) is 3.18. The molecule has 1 aliphatic heterocycles. The molecule has 5 nitrogen and oxygen atoms in total. The lowest BCUT2D eigenvalue weighted by Crippen LogP contribution is -2.46. The molecular formula is C9H16N4O. The van der Waals surface area contributed by atoms with Gasteiger partial charge in [0, 0.05) is 13.1 Å².